The maximum absolute atomic E-state index is 13.3. The Kier molecular flexibility index (Phi) is 3.31. The zero-order valence-corrected chi connectivity index (χ0v) is 12.2. The van der Waals surface area contributed by atoms with E-state index in [0.29, 0.717) is 0 Å². The van der Waals surface area contributed by atoms with Crippen LogP contribution in [-0.2, 0) is 19.5 Å². The normalized spacial score (nSPS) is 15.0. The van der Waals surface area contributed by atoms with Gasteiger partial charge in [-0.1, -0.05) is 12.1 Å². The van der Waals surface area contributed by atoms with Gasteiger partial charge in [0.2, 0.25) is 0 Å². The first-order chi connectivity index (χ1) is 10.8. The standard InChI is InChI=1S/C18H16FN3/c19-16-3-1-2-13(8-16)11-22-7-5-18-15(12-22)9-14-10-20-6-4-17(14)21-18/h1-4,6,8-10H,5,7,11-12H2. The molecule has 4 heteroatoms. The number of hydrogen-bond donors (Lipinski definition) is 0. The number of benzene rings is 1. The van der Waals surface area contributed by atoms with Gasteiger partial charge in [-0.15, -0.1) is 0 Å². The molecule has 0 saturated carbocycles. The van der Waals surface area contributed by atoms with Crippen LogP contribution in [-0.4, -0.2) is 21.4 Å². The fraction of sp³-hybridized carbons (Fsp3) is 0.222. The minimum Gasteiger partial charge on any atom is -0.294 e. The molecule has 0 radical (unpaired) electrons. The number of nitrogens with zero attached hydrogens (tertiary/aromatic N) is 3. The Bertz CT molecular complexity index is 831. The molecule has 0 saturated heterocycles. The first-order valence-corrected chi connectivity index (χ1v) is 7.47. The van der Waals surface area contributed by atoms with Gasteiger partial charge in [0, 0.05) is 49.5 Å². The maximum Gasteiger partial charge on any atom is 0.123 e. The molecule has 0 fully saturated rings. The topological polar surface area (TPSA) is 29.0 Å². The summed E-state index contributed by atoms with van der Waals surface area (Å²) >= 11 is 0. The van der Waals surface area contributed by atoms with E-state index in [1.165, 1.54) is 17.3 Å². The largest absolute Gasteiger partial charge is 0.294 e. The third-order valence-corrected chi connectivity index (χ3v) is 4.14. The molecule has 3 heterocycles. The van der Waals surface area contributed by atoms with Gasteiger partial charge in [0.05, 0.1) is 5.52 Å². The summed E-state index contributed by atoms with van der Waals surface area (Å²) in [5.74, 6) is -0.173. The molecule has 0 aliphatic carbocycles. The Labute approximate surface area is 128 Å². The molecule has 0 N–H and O–H groups in total. The highest BCUT2D eigenvalue weighted by Gasteiger charge is 2.18. The number of fused-ring (bicyclic) bond motifs is 2. The minimum absolute atomic E-state index is 0.173. The quantitative estimate of drug-likeness (QED) is 0.726. The van der Waals surface area contributed by atoms with Crippen molar-refractivity contribution in [3.63, 3.8) is 0 Å². The van der Waals surface area contributed by atoms with Gasteiger partial charge in [-0.2, -0.15) is 0 Å². The molecule has 0 bridgehead atoms. The number of rotatable bonds is 2. The molecule has 0 spiro atoms. The van der Waals surface area contributed by atoms with Gasteiger partial charge >= 0.3 is 0 Å². The van der Waals surface area contributed by atoms with Gasteiger partial charge in [0.25, 0.3) is 0 Å². The SMILES string of the molecule is Fc1cccc(CN2CCc3nc4ccncc4cc3C2)c1. The van der Waals surface area contributed by atoms with Crippen LogP contribution in [0.3, 0.4) is 0 Å². The van der Waals surface area contributed by atoms with E-state index in [-0.39, 0.29) is 5.82 Å². The van der Waals surface area contributed by atoms with E-state index in [1.807, 2.05) is 18.3 Å². The van der Waals surface area contributed by atoms with Crippen molar-refractivity contribution in [1.82, 2.24) is 14.9 Å². The summed E-state index contributed by atoms with van der Waals surface area (Å²) in [5, 5.41) is 1.08. The lowest BCUT2D eigenvalue weighted by Crippen LogP contribution is -2.30. The first-order valence-electron chi connectivity index (χ1n) is 7.47. The van der Waals surface area contributed by atoms with Crippen LogP contribution in [0.5, 0.6) is 0 Å². The average Bonchev–Trinajstić information content (AvgIpc) is 2.53. The van der Waals surface area contributed by atoms with Gasteiger partial charge < -0.3 is 0 Å². The third-order valence-electron chi connectivity index (χ3n) is 4.14. The van der Waals surface area contributed by atoms with E-state index in [0.717, 1.165) is 42.5 Å². The Morgan fingerprint density at radius 1 is 1.18 bits per heavy atom. The highest BCUT2D eigenvalue weighted by Crippen LogP contribution is 2.23. The highest BCUT2D eigenvalue weighted by molar-refractivity contribution is 5.78. The second-order valence-corrected chi connectivity index (χ2v) is 5.75. The molecule has 0 atom stereocenters. The molecule has 1 aliphatic heterocycles. The van der Waals surface area contributed by atoms with Crippen LogP contribution in [0.1, 0.15) is 16.8 Å². The van der Waals surface area contributed by atoms with E-state index in [2.05, 4.69) is 16.0 Å². The zero-order chi connectivity index (χ0) is 14.9. The second kappa shape index (κ2) is 5.46. The van der Waals surface area contributed by atoms with Crippen molar-refractivity contribution in [1.29, 1.82) is 0 Å². The van der Waals surface area contributed by atoms with Gasteiger partial charge in [0.1, 0.15) is 5.82 Å². The van der Waals surface area contributed by atoms with Crippen LogP contribution in [0.15, 0.2) is 48.8 Å². The molecular formula is C18H16FN3. The van der Waals surface area contributed by atoms with Crippen molar-refractivity contribution < 1.29 is 4.39 Å². The minimum atomic E-state index is -0.173. The number of pyridine rings is 2. The average molecular weight is 293 g/mol. The Morgan fingerprint density at radius 3 is 3.05 bits per heavy atom. The zero-order valence-electron chi connectivity index (χ0n) is 12.2. The van der Waals surface area contributed by atoms with Gasteiger partial charge in [0.15, 0.2) is 0 Å². The Morgan fingerprint density at radius 2 is 2.14 bits per heavy atom. The van der Waals surface area contributed by atoms with Crippen LogP contribution in [0, 0.1) is 5.82 Å². The predicted octanol–water partition coefficient (Wildman–Crippen LogP) is 3.33. The lowest BCUT2D eigenvalue weighted by Gasteiger charge is -2.28. The van der Waals surface area contributed by atoms with Crippen molar-refractivity contribution in [2.45, 2.75) is 19.5 Å². The molecule has 1 aromatic carbocycles. The first kappa shape index (κ1) is 13.3. The summed E-state index contributed by atoms with van der Waals surface area (Å²) in [6, 6.07) is 11.0. The van der Waals surface area contributed by atoms with E-state index in [9.17, 15) is 4.39 Å². The van der Waals surface area contributed by atoms with Gasteiger partial charge in [-0.25, -0.2) is 4.39 Å². The summed E-state index contributed by atoms with van der Waals surface area (Å²) < 4.78 is 13.3. The molecule has 0 amide bonds. The van der Waals surface area contributed by atoms with Crippen LogP contribution >= 0.6 is 0 Å². The molecular weight excluding hydrogens is 277 g/mol. The molecule has 110 valence electrons. The monoisotopic (exact) mass is 293 g/mol. The van der Waals surface area contributed by atoms with E-state index in [4.69, 9.17) is 4.98 Å². The lowest BCUT2D eigenvalue weighted by molar-refractivity contribution is 0.243. The summed E-state index contributed by atoms with van der Waals surface area (Å²) in [7, 11) is 0. The number of aromatic nitrogens is 2. The van der Waals surface area contributed by atoms with E-state index < -0.39 is 0 Å². The van der Waals surface area contributed by atoms with Crippen molar-refractivity contribution in [3.05, 3.63) is 71.4 Å². The molecule has 3 aromatic rings. The smallest absolute Gasteiger partial charge is 0.123 e. The number of halogens is 1. The van der Waals surface area contributed by atoms with Crippen molar-refractivity contribution in [2.75, 3.05) is 6.54 Å². The predicted molar refractivity (Wildman–Crippen MR) is 83.8 cm³/mol. The molecule has 0 unspecified atom stereocenters. The van der Waals surface area contributed by atoms with Gasteiger partial charge in [-0.05, 0) is 35.4 Å². The van der Waals surface area contributed by atoms with Crippen molar-refractivity contribution in [3.8, 4) is 0 Å². The van der Waals surface area contributed by atoms with Gasteiger partial charge in [-0.3, -0.25) is 14.9 Å². The summed E-state index contributed by atoms with van der Waals surface area (Å²) in [6.45, 7) is 2.57. The van der Waals surface area contributed by atoms with Crippen molar-refractivity contribution in [2.24, 2.45) is 0 Å². The Hall–Kier alpha value is -2.33. The van der Waals surface area contributed by atoms with E-state index >= 15 is 0 Å². The van der Waals surface area contributed by atoms with Crippen LogP contribution in [0.2, 0.25) is 0 Å². The molecule has 4 rings (SSSR count). The van der Waals surface area contributed by atoms with Crippen LogP contribution in [0.4, 0.5) is 4.39 Å². The summed E-state index contributed by atoms with van der Waals surface area (Å²) in [6.07, 6.45) is 4.57. The van der Waals surface area contributed by atoms with Crippen molar-refractivity contribution >= 4 is 10.9 Å². The molecule has 22 heavy (non-hydrogen) atoms. The summed E-state index contributed by atoms with van der Waals surface area (Å²) in [5.41, 5.74) is 4.45. The second-order valence-electron chi connectivity index (χ2n) is 5.75. The fourth-order valence-electron chi connectivity index (χ4n) is 3.07. The number of hydrogen-bond acceptors (Lipinski definition) is 3. The third kappa shape index (κ3) is 2.57. The van der Waals surface area contributed by atoms with Crippen LogP contribution in [0.25, 0.3) is 10.9 Å². The van der Waals surface area contributed by atoms with E-state index in [1.54, 1.807) is 18.3 Å². The molecule has 2 aromatic heterocycles. The molecule has 1 aliphatic rings. The van der Waals surface area contributed by atoms with Crippen LogP contribution < -0.4 is 0 Å². The molecule has 3 nitrogen and oxygen atoms in total. The Balaban J connectivity index is 1.59. The summed E-state index contributed by atoms with van der Waals surface area (Å²) in [4.78, 5) is 11.2. The lowest BCUT2D eigenvalue weighted by atomic mass is 10.0. The maximum atomic E-state index is 13.3. The fourth-order valence-corrected chi connectivity index (χ4v) is 3.07. The highest BCUT2D eigenvalue weighted by atomic mass is 19.1.